The van der Waals surface area contributed by atoms with E-state index in [9.17, 15) is 18.0 Å². The molecule has 2 fully saturated rings. The summed E-state index contributed by atoms with van der Waals surface area (Å²) in [6.07, 6.45) is -0.191. The minimum Gasteiger partial charge on any atom is -0.379 e. The lowest BCUT2D eigenvalue weighted by atomic mass is 10.2. The minimum atomic E-state index is -4.02. The van der Waals surface area contributed by atoms with Crippen molar-refractivity contribution in [3.63, 3.8) is 0 Å². The van der Waals surface area contributed by atoms with Crippen molar-refractivity contribution in [1.29, 1.82) is 0 Å². The van der Waals surface area contributed by atoms with Gasteiger partial charge in [-0.3, -0.25) is 14.5 Å². The number of morpholine rings is 1. The average Bonchev–Trinajstić information content (AvgIpc) is 3.09. The molecule has 33 heavy (non-hydrogen) atoms. The molecule has 2 aromatic carbocycles. The topological polar surface area (TPSA) is 87.2 Å². The van der Waals surface area contributed by atoms with E-state index in [1.54, 1.807) is 36.4 Å². The normalized spacial score (nSPS) is 20.1. The van der Waals surface area contributed by atoms with Crippen molar-refractivity contribution < 1.29 is 22.7 Å². The molecule has 176 valence electrons. The Morgan fingerprint density at radius 2 is 1.67 bits per heavy atom. The van der Waals surface area contributed by atoms with E-state index >= 15 is 0 Å². The molecule has 11 heteroatoms. The van der Waals surface area contributed by atoms with Crippen LogP contribution in [0, 0.1) is 3.57 Å². The van der Waals surface area contributed by atoms with Gasteiger partial charge >= 0.3 is 0 Å². The summed E-state index contributed by atoms with van der Waals surface area (Å²) < 4.78 is 35.5. The summed E-state index contributed by atoms with van der Waals surface area (Å²) in [4.78, 5) is 29.5. The number of hydrogen-bond acceptors (Lipinski definition) is 6. The van der Waals surface area contributed by atoms with Gasteiger partial charge in [0.05, 0.1) is 30.2 Å². The highest BCUT2D eigenvalue weighted by molar-refractivity contribution is 14.1. The van der Waals surface area contributed by atoms with Crippen LogP contribution < -0.4 is 4.90 Å². The zero-order valence-corrected chi connectivity index (χ0v) is 22.3. The van der Waals surface area contributed by atoms with E-state index < -0.39 is 27.9 Å². The number of imide groups is 1. The molecule has 1 atom stereocenters. The van der Waals surface area contributed by atoms with E-state index in [0.717, 1.165) is 12.9 Å². The molecule has 2 amide bonds. The first-order chi connectivity index (χ1) is 15.8. The van der Waals surface area contributed by atoms with Crippen LogP contribution in [0.25, 0.3) is 0 Å². The van der Waals surface area contributed by atoms with Gasteiger partial charge in [0.25, 0.3) is 5.91 Å². The first kappa shape index (κ1) is 24.7. The molecule has 2 aliphatic heterocycles. The second-order valence-corrected chi connectivity index (χ2v) is 11.8. The van der Waals surface area contributed by atoms with Gasteiger partial charge in [-0.1, -0.05) is 15.9 Å². The highest BCUT2D eigenvalue weighted by atomic mass is 127. The molecule has 1 unspecified atom stereocenters. The van der Waals surface area contributed by atoms with E-state index in [0.29, 0.717) is 38.5 Å². The Morgan fingerprint density at radius 1 is 1.03 bits per heavy atom. The van der Waals surface area contributed by atoms with Crippen molar-refractivity contribution in [3.05, 3.63) is 56.6 Å². The number of ether oxygens (including phenoxy) is 1. The van der Waals surface area contributed by atoms with Gasteiger partial charge in [-0.2, -0.15) is 4.31 Å². The lowest BCUT2D eigenvalue weighted by Gasteiger charge is -2.31. The van der Waals surface area contributed by atoms with Gasteiger partial charge in [-0.25, -0.2) is 13.3 Å². The molecule has 0 radical (unpaired) electrons. The molecule has 0 bridgehead atoms. The van der Waals surface area contributed by atoms with Gasteiger partial charge in [-0.05, 0) is 71.1 Å². The minimum absolute atomic E-state index is 0.0839. The number of rotatable bonds is 7. The van der Waals surface area contributed by atoms with Crippen LogP contribution in [0.1, 0.15) is 6.42 Å². The Bertz CT molecular complexity index is 1120. The predicted octanol–water partition coefficient (Wildman–Crippen LogP) is 2.71. The quantitative estimate of drug-likeness (QED) is 0.339. The molecule has 0 N–H and O–H groups in total. The van der Waals surface area contributed by atoms with E-state index in [2.05, 4.69) is 43.4 Å². The van der Waals surface area contributed by atoms with E-state index in [1.165, 1.54) is 16.4 Å². The molecule has 0 aromatic heterocycles. The summed E-state index contributed by atoms with van der Waals surface area (Å²) in [7, 11) is -4.02. The molecule has 8 nitrogen and oxygen atoms in total. The van der Waals surface area contributed by atoms with Crippen LogP contribution in [0.3, 0.4) is 0 Å². The zero-order valence-electron chi connectivity index (χ0n) is 17.7. The van der Waals surface area contributed by atoms with Crippen molar-refractivity contribution in [2.45, 2.75) is 17.4 Å². The number of sulfonamides is 1. The van der Waals surface area contributed by atoms with Crippen LogP contribution in [0.4, 0.5) is 5.69 Å². The number of nitrogens with zero attached hydrogens (tertiary/aromatic N) is 3. The number of amides is 2. The molecule has 2 aromatic rings. The molecule has 0 spiro atoms. The van der Waals surface area contributed by atoms with Crippen molar-refractivity contribution in [2.75, 3.05) is 44.3 Å². The van der Waals surface area contributed by atoms with Crippen LogP contribution >= 0.6 is 38.5 Å². The third-order valence-corrected chi connectivity index (χ3v) is 8.89. The Hall–Kier alpha value is -1.38. The number of carbonyl (C=O) groups excluding carboxylic acids is 2. The fourth-order valence-electron chi connectivity index (χ4n) is 3.95. The zero-order chi connectivity index (χ0) is 23.6. The first-order valence-corrected chi connectivity index (χ1v) is 13.8. The molecule has 2 saturated heterocycles. The average molecular weight is 648 g/mol. The van der Waals surface area contributed by atoms with Crippen molar-refractivity contribution in [2.24, 2.45) is 0 Å². The third-order valence-electron chi connectivity index (χ3n) is 5.72. The van der Waals surface area contributed by atoms with E-state index in [1.807, 2.05) is 0 Å². The SMILES string of the molecule is O=C1CC(N(CCN2CCOCC2)S(=O)(=O)c2ccc(Br)cc2)C(=O)N1c1ccc(I)cc1. The maximum Gasteiger partial charge on any atom is 0.252 e. The number of benzene rings is 2. The highest BCUT2D eigenvalue weighted by Gasteiger charge is 2.46. The second-order valence-electron chi connectivity index (χ2n) is 7.79. The van der Waals surface area contributed by atoms with Gasteiger partial charge in [0.2, 0.25) is 15.9 Å². The molecule has 2 heterocycles. The molecule has 0 saturated carbocycles. The Labute approximate surface area is 215 Å². The van der Waals surface area contributed by atoms with Crippen molar-refractivity contribution in [1.82, 2.24) is 9.21 Å². The lowest BCUT2D eigenvalue weighted by molar-refractivity contribution is -0.122. The first-order valence-electron chi connectivity index (χ1n) is 10.5. The van der Waals surface area contributed by atoms with E-state index in [-0.39, 0.29) is 17.9 Å². The number of halogens is 2. The Balaban J connectivity index is 1.64. The summed E-state index contributed by atoms with van der Waals surface area (Å²) in [5.74, 6) is -0.933. The monoisotopic (exact) mass is 647 g/mol. The summed E-state index contributed by atoms with van der Waals surface area (Å²) in [5, 5.41) is 0. The lowest BCUT2D eigenvalue weighted by Crippen LogP contribution is -2.49. The maximum atomic E-state index is 13.6. The van der Waals surface area contributed by atoms with Crippen LogP contribution in [-0.2, 0) is 24.3 Å². The van der Waals surface area contributed by atoms with Crippen molar-refractivity contribution >= 4 is 66.0 Å². The fraction of sp³-hybridized carbons (Fsp3) is 0.364. The Morgan fingerprint density at radius 3 is 2.30 bits per heavy atom. The molecule has 0 aliphatic carbocycles. The molecular weight excluding hydrogens is 625 g/mol. The standard InChI is InChI=1S/C22H23BrIN3O5S/c23-16-1-7-19(8-2-16)33(30,31)26(10-9-25-11-13-32-14-12-25)20-15-21(28)27(22(20)29)18-5-3-17(24)4-6-18/h1-8,20H,9-15H2. The fourth-order valence-corrected chi connectivity index (χ4v) is 6.15. The predicted molar refractivity (Wildman–Crippen MR) is 135 cm³/mol. The maximum absolute atomic E-state index is 13.6. The largest absolute Gasteiger partial charge is 0.379 e. The van der Waals surface area contributed by atoms with Gasteiger partial charge < -0.3 is 4.74 Å². The van der Waals surface area contributed by atoms with E-state index in [4.69, 9.17) is 4.74 Å². The molecule has 4 rings (SSSR count). The van der Waals surface area contributed by atoms with Crippen LogP contribution in [0.15, 0.2) is 57.9 Å². The van der Waals surface area contributed by atoms with Gasteiger partial charge in [0.1, 0.15) is 6.04 Å². The van der Waals surface area contributed by atoms with Crippen molar-refractivity contribution in [3.8, 4) is 0 Å². The smallest absolute Gasteiger partial charge is 0.252 e. The molecular formula is C22H23BrIN3O5S. The van der Waals surface area contributed by atoms with Gasteiger partial charge in [0, 0.05) is 34.2 Å². The number of hydrogen-bond donors (Lipinski definition) is 0. The number of anilines is 1. The van der Waals surface area contributed by atoms with Gasteiger partial charge in [-0.15, -0.1) is 0 Å². The highest BCUT2D eigenvalue weighted by Crippen LogP contribution is 2.30. The van der Waals surface area contributed by atoms with Gasteiger partial charge in [0.15, 0.2) is 0 Å². The summed E-state index contributed by atoms with van der Waals surface area (Å²) in [6.45, 7) is 3.10. The summed E-state index contributed by atoms with van der Waals surface area (Å²) in [5.41, 5.74) is 0.446. The summed E-state index contributed by atoms with van der Waals surface area (Å²) in [6, 6.07) is 12.2. The molecule has 2 aliphatic rings. The number of carbonyl (C=O) groups is 2. The van der Waals surface area contributed by atoms with Crippen LogP contribution in [-0.4, -0.2) is 74.9 Å². The van der Waals surface area contributed by atoms with Crippen LogP contribution in [0.2, 0.25) is 0 Å². The Kier molecular flexibility index (Phi) is 7.86. The summed E-state index contributed by atoms with van der Waals surface area (Å²) >= 11 is 5.46. The second kappa shape index (κ2) is 10.5. The van der Waals surface area contributed by atoms with Crippen LogP contribution in [0.5, 0.6) is 0 Å². The third kappa shape index (κ3) is 5.49.